The largest absolute Gasteiger partial charge is 0.466 e. The van der Waals surface area contributed by atoms with Gasteiger partial charge in [0.1, 0.15) is 6.04 Å². The summed E-state index contributed by atoms with van der Waals surface area (Å²) in [6, 6.07) is -0.624. The van der Waals surface area contributed by atoms with Gasteiger partial charge in [-0.25, -0.2) is 0 Å². The van der Waals surface area contributed by atoms with Crippen molar-refractivity contribution in [1.82, 2.24) is 15.1 Å². The highest BCUT2D eigenvalue weighted by molar-refractivity contribution is 5.96. The Morgan fingerprint density at radius 2 is 1.86 bits per heavy atom. The summed E-state index contributed by atoms with van der Waals surface area (Å²) in [6.07, 6.45) is 9.00. The van der Waals surface area contributed by atoms with Gasteiger partial charge in [0, 0.05) is 45.2 Å². The van der Waals surface area contributed by atoms with Gasteiger partial charge in [-0.15, -0.1) is 0 Å². The Kier molecular flexibility index (Phi) is 11.7. The Labute approximate surface area is 215 Å². The van der Waals surface area contributed by atoms with E-state index in [9.17, 15) is 14.4 Å². The summed E-state index contributed by atoms with van der Waals surface area (Å²) in [5, 5.41) is 12.1. The van der Waals surface area contributed by atoms with Crippen molar-refractivity contribution in [1.29, 1.82) is 0 Å². The first-order chi connectivity index (χ1) is 17.5. The monoisotopic (exact) mass is 507 g/mol. The maximum atomic E-state index is 13.8. The molecular weight excluding hydrogens is 462 g/mol. The average molecular weight is 508 g/mol. The molecule has 0 saturated carbocycles. The van der Waals surface area contributed by atoms with E-state index in [1.807, 2.05) is 12.2 Å². The van der Waals surface area contributed by atoms with Gasteiger partial charge >= 0.3 is 5.97 Å². The third kappa shape index (κ3) is 7.07. The number of morpholine rings is 1. The van der Waals surface area contributed by atoms with Gasteiger partial charge in [-0.2, -0.15) is 0 Å². The molecule has 0 aromatic carbocycles. The minimum atomic E-state index is -0.624. The summed E-state index contributed by atoms with van der Waals surface area (Å²) < 4.78 is 10.8. The van der Waals surface area contributed by atoms with Crippen molar-refractivity contribution in [2.75, 3.05) is 59.2 Å². The van der Waals surface area contributed by atoms with E-state index in [0.29, 0.717) is 26.3 Å². The maximum absolute atomic E-state index is 13.8. The molecule has 2 aliphatic heterocycles. The van der Waals surface area contributed by atoms with Gasteiger partial charge in [0.15, 0.2) is 0 Å². The van der Waals surface area contributed by atoms with Crippen LogP contribution in [0.15, 0.2) is 12.2 Å². The molecule has 0 aromatic rings. The molecule has 3 rings (SSSR count). The summed E-state index contributed by atoms with van der Waals surface area (Å²) in [4.78, 5) is 44.4. The van der Waals surface area contributed by atoms with Gasteiger partial charge in [0.2, 0.25) is 11.8 Å². The summed E-state index contributed by atoms with van der Waals surface area (Å²) in [7, 11) is 0. The van der Waals surface area contributed by atoms with Crippen molar-refractivity contribution in [2.24, 2.45) is 23.7 Å². The first-order valence-corrected chi connectivity index (χ1v) is 13.9. The first-order valence-electron chi connectivity index (χ1n) is 13.9. The third-order valence-corrected chi connectivity index (χ3v) is 7.70. The third-order valence-electron chi connectivity index (χ3n) is 7.70. The molecule has 0 unspecified atom stereocenters. The van der Waals surface area contributed by atoms with Gasteiger partial charge in [-0.05, 0) is 32.1 Å². The second kappa shape index (κ2) is 14.7. The number of nitrogens with one attached hydrogen (secondary N) is 1. The molecule has 0 spiro atoms. The van der Waals surface area contributed by atoms with Crippen molar-refractivity contribution in [3.8, 4) is 0 Å². The van der Waals surface area contributed by atoms with Crippen LogP contribution in [0.4, 0.5) is 0 Å². The molecule has 5 atom stereocenters. The first kappa shape index (κ1) is 28.6. The molecule has 1 aliphatic carbocycles. The van der Waals surface area contributed by atoms with E-state index >= 15 is 0 Å². The normalized spacial score (nSPS) is 28.2. The van der Waals surface area contributed by atoms with Gasteiger partial charge < -0.3 is 24.8 Å². The highest BCUT2D eigenvalue weighted by Crippen LogP contribution is 2.45. The number of unbranched alkanes of at least 4 members (excludes halogenated alkanes) is 3. The van der Waals surface area contributed by atoms with Gasteiger partial charge in [-0.3, -0.25) is 19.3 Å². The number of aliphatic hydroxyl groups excluding tert-OH is 1. The number of hydrogen-bond donors (Lipinski definition) is 2. The molecule has 3 aliphatic rings. The van der Waals surface area contributed by atoms with Crippen LogP contribution in [0.5, 0.6) is 0 Å². The number of carbonyl (C=O) groups excluding carboxylic acids is 3. The molecule has 0 radical (unpaired) electrons. The number of allylic oxidation sites excluding steroid dienone is 1. The molecule has 0 aromatic heterocycles. The SMILES string of the molecule is CCC[C@@H]1C=C[C@H]2[C@@H](C(=O)N(CCCCCCO)[C@@H]2C(=O)NCCN2CCOCC2)[C@@H]1C(=O)OCC. The molecule has 2 amide bonds. The lowest BCUT2D eigenvalue weighted by Crippen LogP contribution is -2.49. The van der Waals surface area contributed by atoms with Crippen LogP contribution in [0.3, 0.4) is 0 Å². The molecular formula is C27H45N3O6. The lowest BCUT2D eigenvalue weighted by Gasteiger charge is -2.34. The minimum absolute atomic E-state index is 0.0613. The second-order valence-electron chi connectivity index (χ2n) is 10.1. The summed E-state index contributed by atoms with van der Waals surface area (Å²) in [5.74, 6) is -2.14. The van der Waals surface area contributed by atoms with E-state index < -0.39 is 17.9 Å². The predicted molar refractivity (Wildman–Crippen MR) is 136 cm³/mol. The number of rotatable bonds is 14. The fourth-order valence-electron chi connectivity index (χ4n) is 5.92. The van der Waals surface area contributed by atoms with Crippen LogP contribution < -0.4 is 5.32 Å². The van der Waals surface area contributed by atoms with E-state index in [2.05, 4.69) is 17.1 Å². The zero-order valence-corrected chi connectivity index (χ0v) is 22.0. The molecule has 36 heavy (non-hydrogen) atoms. The zero-order valence-electron chi connectivity index (χ0n) is 22.0. The molecule has 2 N–H and O–H groups in total. The number of carbonyl (C=O) groups is 3. The van der Waals surface area contributed by atoms with Crippen molar-refractivity contribution < 1.29 is 29.0 Å². The minimum Gasteiger partial charge on any atom is -0.466 e. The maximum Gasteiger partial charge on any atom is 0.310 e. The van der Waals surface area contributed by atoms with Gasteiger partial charge in [-0.1, -0.05) is 38.3 Å². The number of likely N-dealkylation sites (tertiary alicyclic amines) is 1. The van der Waals surface area contributed by atoms with Crippen LogP contribution in [0.2, 0.25) is 0 Å². The van der Waals surface area contributed by atoms with Gasteiger partial charge in [0.25, 0.3) is 0 Å². The van der Waals surface area contributed by atoms with E-state index in [1.165, 1.54) is 0 Å². The number of esters is 1. The second-order valence-corrected chi connectivity index (χ2v) is 10.1. The van der Waals surface area contributed by atoms with E-state index in [-0.39, 0.29) is 42.8 Å². The molecule has 2 saturated heterocycles. The number of nitrogens with zero attached hydrogens (tertiary/aromatic N) is 2. The van der Waals surface area contributed by atoms with E-state index in [0.717, 1.165) is 58.2 Å². The number of hydrogen-bond acceptors (Lipinski definition) is 7. The Balaban J connectivity index is 1.77. The molecule has 9 nitrogen and oxygen atoms in total. The van der Waals surface area contributed by atoms with Crippen LogP contribution in [0.1, 0.15) is 52.4 Å². The van der Waals surface area contributed by atoms with Crippen LogP contribution in [-0.4, -0.2) is 97.9 Å². The van der Waals surface area contributed by atoms with Crippen molar-refractivity contribution in [3.63, 3.8) is 0 Å². The van der Waals surface area contributed by atoms with Crippen LogP contribution in [-0.2, 0) is 23.9 Å². The summed E-state index contributed by atoms with van der Waals surface area (Å²) in [6.45, 7) is 9.12. The van der Waals surface area contributed by atoms with Gasteiger partial charge in [0.05, 0.1) is 31.7 Å². The zero-order chi connectivity index (χ0) is 25.9. The lowest BCUT2D eigenvalue weighted by atomic mass is 9.69. The Bertz CT molecular complexity index is 754. The molecule has 204 valence electrons. The number of fused-ring (bicyclic) bond motifs is 1. The Hall–Kier alpha value is -1.97. The topological polar surface area (TPSA) is 108 Å². The number of aliphatic hydroxyl groups is 1. The number of amides is 2. The van der Waals surface area contributed by atoms with Crippen LogP contribution in [0, 0.1) is 23.7 Å². The average Bonchev–Trinajstić information content (AvgIpc) is 3.16. The van der Waals surface area contributed by atoms with Crippen LogP contribution in [0.25, 0.3) is 0 Å². The van der Waals surface area contributed by atoms with E-state index in [4.69, 9.17) is 14.6 Å². The molecule has 9 heteroatoms. The van der Waals surface area contributed by atoms with Crippen molar-refractivity contribution >= 4 is 17.8 Å². The Morgan fingerprint density at radius 1 is 1.11 bits per heavy atom. The standard InChI is InChI=1S/C27H45N3O6/c1-3-9-20-10-11-21-23(22(20)27(34)36-4-2)26(33)30(13-7-5-6-8-17-31)24(21)25(32)28-12-14-29-15-18-35-19-16-29/h10-11,20-24,31H,3-9,12-19H2,1-2H3,(H,28,32)/t20-,21+,22-,23-,24+/m1/s1. The Morgan fingerprint density at radius 3 is 2.56 bits per heavy atom. The fourth-order valence-corrected chi connectivity index (χ4v) is 5.92. The summed E-state index contributed by atoms with van der Waals surface area (Å²) in [5.41, 5.74) is 0. The highest BCUT2D eigenvalue weighted by atomic mass is 16.5. The number of ether oxygens (including phenoxy) is 2. The fraction of sp³-hybridized carbons (Fsp3) is 0.815. The molecule has 2 heterocycles. The lowest BCUT2D eigenvalue weighted by molar-refractivity contribution is -0.155. The van der Waals surface area contributed by atoms with Crippen molar-refractivity contribution in [2.45, 2.75) is 58.4 Å². The molecule has 0 bridgehead atoms. The molecule has 2 fully saturated rings. The van der Waals surface area contributed by atoms with E-state index in [1.54, 1.807) is 11.8 Å². The van der Waals surface area contributed by atoms with Crippen LogP contribution >= 0.6 is 0 Å². The van der Waals surface area contributed by atoms with Crippen molar-refractivity contribution in [3.05, 3.63) is 12.2 Å². The highest BCUT2D eigenvalue weighted by Gasteiger charge is 2.57. The quantitative estimate of drug-likeness (QED) is 0.209. The summed E-state index contributed by atoms with van der Waals surface area (Å²) >= 11 is 0. The smallest absolute Gasteiger partial charge is 0.310 e. The predicted octanol–water partition coefficient (Wildman–Crippen LogP) is 1.60.